The van der Waals surface area contributed by atoms with Crippen molar-refractivity contribution in [2.24, 2.45) is 5.41 Å². The molecular weight excluding hydrogens is 216 g/mol. The highest BCUT2D eigenvalue weighted by Gasteiger charge is 2.24. The van der Waals surface area contributed by atoms with E-state index >= 15 is 0 Å². The molecule has 0 amide bonds. The zero-order chi connectivity index (χ0) is 12.9. The Balaban J connectivity index is 2.26. The van der Waals surface area contributed by atoms with Gasteiger partial charge in [-0.3, -0.25) is 9.69 Å². The summed E-state index contributed by atoms with van der Waals surface area (Å²) in [6, 6.07) is -0.114. The van der Waals surface area contributed by atoms with Gasteiger partial charge in [-0.25, -0.2) is 0 Å². The number of nitrogens with one attached hydrogen (secondary N) is 1. The topological polar surface area (TPSA) is 41.6 Å². The number of hydrogen-bond donors (Lipinski definition) is 1. The molecule has 1 aliphatic rings. The minimum Gasteiger partial charge on any atom is -0.465 e. The smallest absolute Gasteiger partial charge is 0.323 e. The fourth-order valence-corrected chi connectivity index (χ4v) is 1.80. The van der Waals surface area contributed by atoms with Gasteiger partial charge in [-0.2, -0.15) is 0 Å². The first-order chi connectivity index (χ1) is 7.90. The van der Waals surface area contributed by atoms with Gasteiger partial charge in [0.05, 0.1) is 6.61 Å². The molecular formula is C13H26N2O2. The van der Waals surface area contributed by atoms with E-state index in [9.17, 15) is 4.79 Å². The summed E-state index contributed by atoms with van der Waals surface area (Å²) in [6.07, 6.45) is 0.910. The van der Waals surface area contributed by atoms with E-state index in [-0.39, 0.29) is 17.4 Å². The van der Waals surface area contributed by atoms with E-state index < -0.39 is 0 Å². The van der Waals surface area contributed by atoms with Gasteiger partial charge in [0.2, 0.25) is 0 Å². The van der Waals surface area contributed by atoms with Gasteiger partial charge in [0.15, 0.2) is 0 Å². The Morgan fingerprint density at radius 2 is 1.94 bits per heavy atom. The van der Waals surface area contributed by atoms with Gasteiger partial charge in [0.25, 0.3) is 0 Å². The lowest BCUT2D eigenvalue weighted by molar-refractivity contribution is -0.150. The van der Waals surface area contributed by atoms with Gasteiger partial charge in [0.1, 0.15) is 6.04 Å². The van der Waals surface area contributed by atoms with Crippen molar-refractivity contribution in [1.82, 2.24) is 10.2 Å². The van der Waals surface area contributed by atoms with Crippen molar-refractivity contribution < 1.29 is 9.53 Å². The highest BCUT2D eigenvalue weighted by atomic mass is 16.5. The van der Waals surface area contributed by atoms with Crippen LogP contribution in [-0.4, -0.2) is 49.7 Å². The number of carbonyl (C=O) groups is 1. The second kappa shape index (κ2) is 6.36. The molecule has 1 saturated heterocycles. The molecule has 0 radical (unpaired) electrons. The van der Waals surface area contributed by atoms with Crippen LogP contribution in [0.25, 0.3) is 0 Å². The SMILES string of the molecule is CC(C(=O)OCCC(C)(C)C)N1CCNCC1. The number of hydrogen-bond acceptors (Lipinski definition) is 4. The lowest BCUT2D eigenvalue weighted by Gasteiger charge is -2.31. The van der Waals surface area contributed by atoms with E-state index in [1.54, 1.807) is 0 Å². The molecule has 0 aromatic carbocycles. The Morgan fingerprint density at radius 1 is 1.35 bits per heavy atom. The molecule has 0 spiro atoms. The number of piperazine rings is 1. The van der Waals surface area contributed by atoms with E-state index in [1.165, 1.54) is 0 Å². The molecule has 0 aromatic rings. The van der Waals surface area contributed by atoms with Crippen LogP contribution in [0.5, 0.6) is 0 Å². The van der Waals surface area contributed by atoms with Crippen LogP contribution in [0.3, 0.4) is 0 Å². The molecule has 1 heterocycles. The summed E-state index contributed by atoms with van der Waals surface area (Å²) in [5.74, 6) is -0.0869. The third kappa shape index (κ3) is 5.50. The van der Waals surface area contributed by atoms with E-state index in [2.05, 4.69) is 31.0 Å². The third-order valence-electron chi connectivity index (χ3n) is 3.14. The highest BCUT2D eigenvalue weighted by Crippen LogP contribution is 2.18. The van der Waals surface area contributed by atoms with Crippen molar-refractivity contribution in [2.75, 3.05) is 32.8 Å². The third-order valence-corrected chi connectivity index (χ3v) is 3.14. The normalized spacial score (nSPS) is 20.0. The maximum Gasteiger partial charge on any atom is 0.323 e. The quantitative estimate of drug-likeness (QED) is 0.754. The monoisotopic (exact) mass is 242 g/mol. The highest BCUT2D eigenvalue weighted by molar-refractivity contribution is 5.75. The summed E-state index contributed by atoms with van der Waals surface area (Å²) in [7, 11) is 0. The first-order valence-electron chi connectivity index (χ1n) is 6.51. The Kier molecular flexibility index (Phi) is 5.40. The largest absolute Gasteiger partial charge is 0.465 e. The van der Waals surface area contributed by atoms with Crippen LogP contribution < -0.4 is 5.32 Å². The Bertz CT molecular complexity index is 242. The average Bonchev–Trinajstić information content (AvgIpc) is 2.27. The summed E-state index contributed by atoms with van der Waals surface area (Å²) < 4.78 is 5.33. The maximum absolute atomic E-state index is 11.8. The van der Waals surface area contributed by atoms with Crippen molar-refractivity contribution in [1.29, 1.82) is 0 Å². The number of ether oxygens (including phenoxy) is 1. The van der Waals surface area contributed by atoms with Crippen molar-refractivity contribution >= 4 is 5.97 Å². The summed E-state index contributed by atoms with van der Waals surface area (Å²) in [4.78, 5) is 14.0. The number of rotatable bonds is 4. The Morgan fingerprint density at radius 3 is 2.47 bits per heavy atom. The van der Waals surface area contributed by atoms with Gasteiger partial charge < -0.3 is 10.1 Å². The molecule has 100 valence electrons. The molecule has 1 N–H and O–H groups in total. The second-order valence-corrected chi connectivity index (χ2v) is 5.94. The first-order valence-corrected chi connectivity index (χ1v) is 6.51. The predicted molar refractivity (Wildman–Crippen MR) is 68.9 cm³/mol. The number of carbonyl (C=O) groups excluding carboxylic acids is 1. The minimum absolute atomic E-state index is 0.0869. The van der Waals surface area contributed by atoms with E-state index in [4.69, 9.17) is 4.74 Å². The molecule has 1 fully saturated rings. The summed E-state index contributed by atoms with van der Waals surface area (Å²) in [5, 5.41) is 3.28. The molecule has 1 rings (SSSR count). The summed E-state index contributed by atoms with van der Waals surface area (Å²) in [5.41, 5.74) is 0.221. The van der Waals surface area contributed by atoms with Crippen LogP contribution in [0.15, 0.2) is 0 Å². The second-order valence-electron chi connectivity index (χ2n) is 5.94. The molecule has 17 heavy (non-hydrogen) atoms. The lowest BCUT2D eigenvalue weighted by atomic mass is 9.93. The Hall–Kier alpha value is -0.610. The standard InChI is InChI=1S/C13H26N2O2/c1-11(15-8-6-14-7-9-15)12(16)17-10-5-13(2,3)4/h11,14H,5-10H2,1-4H3. The molecule has 0 bridgehead atoms. The van der Waals surface area contributed by atoms with Gasteiger partial charge in [0, 0.05) is 26.2 Å². The van der Waals surface area contributed by atoms with Gasteiger partial charge in [-0.1, -0.05) is 20.8 Å². The molecule has 1 atom stereocenters. The minimum atomic E-state index is -0.114. The van der Waals surface area contributed by atoms with Crippen LogP contribution in [-0.2, 0) is 9.53 Å². The van der Waals surface area contributed by atoms with Crippen molar-refractivity contribution in [2.45, 2.75) is 40.2 Å². The van der Waals surface area contributed by atoms with E-state index in [0.717, 1.165) is 32.6 Å². The molecule has 0 aliphatic carbocycles. The summed E-state index contributed by atoms with van der Waals surface area (Å²) in [6.45, 7) is 12.7. The van der Waals surface area contributed by atoms with Crippen LogP contribution in [0.1, 0.15) is 34.1 Å². The molecule has 4 heteroatoms. The molecule has 4 nitrogen and oxygen atoms in total. The van der Waals surface area contributed by atoms with Gasteiger partial charge in [-0.15, -0.1) is 0 Å². The fourth-order valence-electron chi connectivity index (χ4n) is 1.80. The zero-order valence-corrected chi connectivity index (χ0v) is 11.6. The average molecular weight is 242 g/mol. The Labute approximate surface area is 105 Å². The fraction of sp³-hybridized carbons (Fsp3) is 0.923. The molecule has 0 saturated carbocycles. The maximum atomic E-state index is 11.8. The zero-order valence-electron chi connectivity index (χ0n) is 11.6. The predicted octanol–water partition coefficient (Wildman–Crippen LogP) is 1.26. The lowest BCUT2D eigenvalue weighted by Crippen LogP contribution is -2.50. The van der Waals surface area contributed by atoms with Crippen LogP contribution in [0.2, 0.25) is 0 Å². The number of esters is 1. The molecule has 0 aromatic heterocycles. The van der Waals surface area contributed by atoms with Crippen molar-refractivity contribution in [3.63, 3.8) is 0 Å². The van der Waals surface area contributed by atoms with Gasteiger partial charge >= 0.3 is 5.97 Å². The first kappa shape index (κ1) is 14.5. The van der Waals surface area contributed by atoms with Crippen LogP contribution in [0, 0.1) is 5.41 Å². The van der Waals surface area contributed by atoms with Crippen LogP contribution in [0.4, 0.5) is 0 Å². The molecule has 1 unspecified atom stereocenters. The van der Waals surface area contributed by atoms with Crippen molar-refractivity contribution in [3.05, 3.63) is 0 Å². The number of nitrogens with zero attached hydrogens (tertiary/aromatic N) is 1. The van der Waals surface area contributed by atoms with E-state index in [1.807, 2.05) is 6.92 Å². The van der Waals surface area contributed by atoms with Crippen LogP contribution >= 0.6 is 0 Å². The van der Waals surface area contributed by atoms with E-state index in [0.29, 0.717) is 6.61 Å². The summed E-state index contributed by atoms with van der Waals surface area (Å²) >= 11 is 0. The molecule has 1 aliphatic heterocycles. The van der Waals surface area contributed by atoms with Crippen molar-refractivity contribution in [3.8, 4) is 0 Å². The van der Waals surface area contributed by atoms with Gasteiger partial charge in [-0.05, 0) is 18.8 Å².